The van der Waals surface area contributed by atoms with Crippen LogP contribution in [0.3, 0.4) is 0 Å². The van der Waals surface area contributed by atoms with Gasteiger partial charge in [0.25, 0.3) is 5.56 Å². The topological polar surface area (TPSA) is 84.1 Å². The highest BCUT2D eigenvalue weighted by atomic mass is 16.3. The average Bonchev–Trinajstić information content (AvgIpc) is 3.50. The monoisotopic (exact) mass is 391 g/mol. The molecule has 0 spiro atoms. The molecule has 1 aromatic carbocycles. The number of fused-ring (bicyclic) bond motifs is 1. The van der Waals surface area contributed by atoms with Crippen LogP contribution in [0.25, 0.3) is 10.9 Å². The van der Waals surface area contributed by atoms with E-state index in [0.717, 1.165) is 43.1 Å². The van der Waals surface area contributed by atoms with Gasteiger partial charge in [0, 0.05) is 30.4 Å². The van der Waals surface area contributed by atoms with Gasteiger partial charge in [0.1, 0.15) is 11.6 Å². The summed E-state index contributed by atoms with van der Waals surface area (Å²) < 4.78 is 1.65. The van der Waals surface area contributed by atoms with Gasteiger partial charge in [-0.1, -0.05) is 12.1 Å². The third-order valence-electron chi connectivity index (χ3n) is 5.93. The van der Waals surface area contributed by atoms with E-state index in [1.54, 1.807) is 10.6 Å². The zero-order chi connectivity index (χ0) is 19.8. The van der Waals surface area contributed by atoms with Crippen LogP contribution < -0.4 is 5.56 Å². The van der Waals surface area contributed by atoms with Gasteiger partial charge in [-0.05, 0) is 44.4 Å². The SMILES string of the molecule is O=c1c2ccccc2nc(C2CCCN2Cc2cnc(C3CC3)nc2)n1CCO. The van der Waals surface area contributed by atoms with Gasteiger partial charge in [-0.15, -0.1) is 0 Å². The minimum atomic E-state index is -0.0872. The molecule has 5 rings (SSSR count). The highest BCUT2D eigenvalue weighted by molar-refractivity contribution is 5.77. The molecular weight excluding hydrogens is 366 g/mol. The van der Waals surface area contributed by atoms with E-state index in [9.17, 15) is 9.90 Å². The number of nitrogens with zero attached hydrogens (tertiary/aromatic N) is 5. The van der Waals surface area contributed by atoms with E-state index >= 15 is 0 Å². The molecule has 3 aromatic rings. The maximum absolute atomic E-state index is 13.0. The van der Waals surface area contributed by atoms with Gasteiger partial charge in [0.2, 0.25) is 0 Å². The van der Waals surface area contributed by atoms with Gasteiger partial charge in [-0.25, -0.2) is 15.0 Å². The van der Waals surface area contributed by atoms with Crippen molar-refractivity contribution in [3.63, 3.8) is 0 Å². The molecule has 1 aliphatic carbocycles. The molecule has 1 saturated heterocycles. The maximum atomic E-state index is 13.0. The summed E-state index contributed by atoms with van der Waals surface area (Å²) in [7, 11) is 0. The van der Waals surface area contributed by atoms with Crippen molar-refractivity contribution in [3.8, 4) is 0 Å². The minimum Gasteiger partial charge on any atom is -0.395 e. The van der Waals surface area contributed by atoms with Crippen LogP contribution in [0.5, 0.6) is 0 Å². The second kappa shape index (κ2) is 7.65. The molecule has 2 aliphatic rings. The predicted molar refractivity (Wildman–Crippen MR) is 109 cm³/mol. The molecule has 0 amide bonds. The van der Waals surface area contributed by atoms with Crippen LogP contribution >= 0.6 is 0 Å². The lowest BCUT2D eigenvalue weighted by Gasteiger charge is -2.26. The number of para-hydroxylation sites is 1. The molecule has 7 nitrogen and oxygen atoms in total. The van der Waals surface area contributed by atoms with Crippen LogP contribution in [0.1, 0.15) is 54.9 Å². The van der Waals surface area contributed by atoms with Crippen molar-refractivity contribution in [2.24, 2.45) is 0 Å². The van der Waals surface area contributed by atoms with Crippen molar-refractivity contribution in [2.45, 2.75) is 50.7 Å². The molecule has 1 N–H and O–H groups in total. The highest BCUT2D eigenvalue weighted by Gasteiger charge is 2.31. The molecule has 29 heavy (non-hydrogen) atoms. The summed E-state index contributed by atoms with van der Waals surface area (Å²) in [5, 5.41) is 10.1. The van der Waals surface area contributed by atoms with Gasteiger partial charge in [0.15, 0.2) is 0 Å². The molecule has 1 saturated carbocycles. The van der Waals surface area contributed by atoms with Gasteiger partial charge in [-0.3, -0.25) is 14.3 Å². The van der Waals surface area contributed by atoms with Gasteiger partial charge >= 0.3 is 0 Å². The number of rotatable bonds is 6. The molecular formula is C22H25N5O2. The zero-order valence-electron chi connectivity index (χ0n) is 16.4. The van der Waals surface area contributed by atoms with Crippen LogP contribution in [0.15, 0.2) is 41.5 Å². The Bertz CT molecular complexity index is 1070. The van der Waals surface area contributed by atoms with Crippen LogP contribution in [0.4, 0.5) is 0 Å². The second-order valence-corrected chi connectivity index (χ2v) is 8.02. The lowest BCUT2D eigenvalue weighted by atomic mass is 10.1. The Labute approximate surface area is 169 Å². The van der Waals surface area contributed by atoms with Crippen LogP contribution in [0.2, 0.25) is 0 Å². The number of aliphatic hydroxyl groups is 1. The third kappa shape index (κ3) is 3.56. The first kappa shape index (κ1) is 18.4. The van der Waals surface area contributed by atoms with Crippen LogP contribution in [0, 0.1) is 0 Å². The van der Waals surface area contributed by atoms with Gasteiger partial charge in [0.05, 0.1) is 30.1 Å². The minimum absolute atomic E-state index is 0.0435. The Morgan fingerprint density at radius 2 is 1.90 bits per heavy atom. The summed E-state index contributed by atoms with van der Waals surface area (Å²) in [5.74, 6) is 2.26. The normalized spacial score (nSPS) is 19.8. The Kier molecular flexibility index (Phi) is 4.85. The first-order valence-electron chi connectivity index (χ1n) is 10.4. The number of benzene rings is 1. The van der Waals surface area contributed by atoms with Crippen LogP contribution in [-0.4, -0.2) is 42.7 Å². The summed E-state index contributed by atoms with van der Waals surface area (Å²) in [6.45, 7) is 1.85. The Hall–Kier alpha value is -2.64. The van der Waals surface area contributed by atoms with E-state index in [2.05, 4.69) is 14.9 Å². The van der Waals surface area contributed by atoms with E-state index < -0.39 is 0 Å². The largest absolute Gasteiger partial charge is 0.395 e. The third-order valence-corrected chi connectivity index (χ3v) is 5.93. The van der Waals surface area contributed by atoms with E-state index in [0.29, 0.717) is 16.8 Å². The molecule has 1 unspecified atom stereocenters. The summed E-state index contributed by atoms with van der Waals surface area (Å²) >= 11 is 0. The molecule has 1 atom stereocenters. The summed E-state index contributed by atoms with van der Waals surface area (Å²) in [6.07, 6.45) is 8.26. The highest BCUT2D eigenvalue weighted by Crippen LogP contribution is 2.38. The molecule has 0 radical (unpaired) electrons. The second-order valence-electron chi connectivity index (χ2n) is 8.02. The molecule has 150 valence electrons. The summed E-state index contributed by atoms with van der Waals surface area (Å²) in [4.78, 5) is 29.3. The standard InChI is InChI=1S/C22H25N5O2/c28-11-10-27-21(25-18-5-2-1-4-17(18)22(27)29)19-6-3-9-26(19)14-15-12-23-20(24-13-15)16-7-8-16/h1-2,4-5,12-13,16,19,28H,3,6-11,14H2. The number of aromatic nitrogens is 4. The Morgan fingerprint density at radius 3 is 2.66 bits per heavy atom. The first-order chi connectivity index (χ1) is 14.2. The summed E-state index contributed by atoms with van der Waals surface area (Å²) in [5.41, 5.74) is 1.72. The number of hydrogen-bond acceptors (Lipinski definition) is 6. The van der Waals surface area contributed by atoms with E-state index in [1.165, 1.54) is 12.8 Å². The lowest BCUT2D eigenvalue weighted by molar-refractivity contribution is 0.223. The van der Waals surface area contributed by atoms with Gasteiger partial charge in [-0.2, -0.15) is 0 Å². The summed E-state index contributed by atoms with van der Waals surface area (Å²) in [6, 6.07) is 7.48. The van der Waals surface area contributed by atoms with Crippen molar-refractivity contribution in [1.82, 2.24) is 24.4 Å². The number of aliphatic hydroxyl groups excluding tert-OH is 1. The zero-order valence-corrected chi connectivity index (χ0v) is 16.4. The molecule has 3 heterocycles. The van der Waals surface area contributed by atoms with Crippen LogP contribution in [-0.2, 0) is 13.1 Å². The first-order valence-corrected chi connectivity index (χ1v) is 10.4. The fourth-order valence-electron chi connectivity index (χ4n) is 4.30. The molecule has 2 fully saturated rings. The molecule has 7 heteroatoms. The van der Waals surface area contributed by atoms with E-state index in [-0.39, 0.29) is 24.8 Å². The Balaban J connectivity index is 1.47. The quantitative estimate of drug-likeness (QED) is 0.695. The lowest BCUT2D eigenvalue weighted by Crippen LogP contribution is -2.33. The van der Waals surface area contributed by atoms with E-state index in [4.69, 9.17) is 4.98 Å². The number of likely N-dealkylation sites (tertiary alicyclic amines) is 1. The van der Waals surface area contributed by atoms with Crippen molar-refractivity contribution in [1.29, 1.82) is 0 Å². The fourth-order valence-corrected chi connectivity index (χ4v) is 4.30. The fraction of sp³-hybridized carbons (Fsp3) is 0.455. The average molecular weight is 391 g/mol. The smallest absolute Gasteiger partial charge is 0.261 e. The van der Waals surface area contributed by atoms with Gasteiger partial charge < -0.3 is 5.11 Å². The predicted octanol–water partition coefficient (Wildman–Crippen LogP) is 2.39. The van der Waals surface area contributed by atoms with E-state index in [1.807, 2.05) is 30.6 Å². The maximum Gasteiger partial charge on any atom is 0.261 e. The van der Waals surface area contributed by atoms with Crippen molar-refractivity contribution in [2.75, 3.05) is 13.2 Å². The number of hydrogen-bond donors (Lipinski definition) is 1. The molecule has 1 aliphatic heterocycles. The van der Waals surface area contributed by atoms with Crippen molar-refractivity contribution in [3.05, 3.63) is 64.2 Å². The molecule has 0 bridgehead atoms. The van der Waals surface area contributed by atoms with Crippen molar-refractivity contribution < 1.29 is 5.11 Å². The van der Waals surface area contributed by atoms with Crippen molar-refractivity contribution >= 4 is 10.9 Å². The molecule has 2 aromatic heterocycles. The Morgan fingerprint density at radius 1 is 1.10 bits per heavy atom.